The van der Waals surface area contributed by atoms with Gasteiger partial charge in [-0.2, -0.15) is 0 Å². The molecule has 1 aliphatic carbocycles. The fourth-order valence-electron chi connectivity index (χ4n) is 2.27. The molecule has 0 radical (unpaired) electrons. The van der Waals surface area contributed by atoms with Crippen molar-refractivity contribution in [1.29, 1.82) is 0 Å². The molecule has 124 valence electrons. The molecule has 2 amide bonds. The lowest BCUT2D eigenvalue weighted by Crippen LogP contribution is -2.25. The van der Waals surface area contributed by atoms with Crippen molar-refractivity contribution in [3.63, 3.8) is 0 Å². The summed E-state index contributed by atoms with van der Waals surface area (Å²) in [5, 5.41) is 6.59. The summed E-state index contributed by atoms with van der Waals surface area (Å²) in [7, 11) is 0. The van der Waals surface area contributed by atoms with E-state index in [9.17, 15) is 9.59 Å². The summed E-state index contributed by atoms with van der Waals surface area (Å²) in [6.45, 7) is 0. The fraction of sp³-hybridized carbons (Fsp3) is 0.222. The Balaban J connectivity index is 1.63. The van der Waals surface area contributed by atoms with E-state index in [1.54, 1.807) is 42.5 Å². The summed E-state index contributed by atoms with van der Waals surface area (Å²) in [4.78, 5) is 24.2. The summed E-state index contributed by atoms with van der Waals surface area (Å²) < 4.78 is 0. The Morgan fingerprint density at radius 1 is 1.04 bits per heavy atom. The van der Waals surface area contributed by atoms with Crippen LogP contribution in [0.1, 0.15) is 28.8 Å². The van der Waals surface area contributed by atoms with Gasteiger partial charge in [0.15, 0.2) is 0 Å². The van der Waals surface area contributed by atoms with Crippen LogP contribution in [0.2, 0.25) is 10.0 Å². The minimum atomic E-state index is -0.187. The highest BCUT2D eigenvalue weighted by atomic mass is 35.5. The van der Waals surface area contributed by atoms with Gasteiger partial charge in [0.25, 0.3) is 5.91 Å². The van der Waals surface area contributed by atoms with Gasteiger partial charge in [-0.15, -0.1) is 0 Å². The normalized spacial score (nSPS) is 13.4. The zero-order chi connectivity index (χ0) is 17.1. The number of benzene rings is 2. The Kier molecular flexibility index (Phi) is 5.07. The molecule has 2 aromatic carbocycles. The highest BCUT2D eigenvalue weighted by Gasteiger charge is 2.23. The second-order valence-corrected chi connectivity index (χ2v) is 6.62. The molecular weight excluding hydrogens is 347 g/mol. The molecule has 0 unspecified atom stereocenters. The number of carbonyl (C=O) groups is 2. The molecule has 0 aromatic heterocycles. The third-order valence-electron chi connectivity index (χ3n) is 3.67. The predicted molar refractivity (Wildman–Crippen MR) is 95.7 cm³/mol. The second-order valence-electron chi connectivity index (χ2n) is 5.80. The van der Waals surface area contributed by atoms with Crippen LogP contribution >= 0.6 is 23.2 Å². The van der Waals surface area contributed by atoms with Gasteiger partial charge in [0.2, 0.25) is 5.91 Å². The Labute approximate surface area is 150 Å². The van der Waals surface area contributed by atoms with Gasteiger partial charge in [-0.1, -0.05) is 35.3 Å². The number of halogens is 2. The fourth-order valence-corrected chi connectivity index (χ4v) is 2.60. The molecule has 0 saturated heterocycles. The highest BCUT2D eigenvalue weighted by molar-refractivity contribution is 6.42. The van der Waals surface area contributed by atoms with E-state index in [0.717, 1.165) is 18.4 Å². The maximum atomic E-state index is 12.2. The summed E-state index contributed by atoms with van der Waals surface area (Å²) >= 11 is 11.8. The molecule has 3 rings (SSSR count). The number of anilines is 1. The van der Waals surface area contributed by atoms with Crippen molar-refractivity contribution in [2.24, 2.45) is 0 Å². The van der Waals surface area contributed by atoms with Gasteiger partial charge in [-0.05, 0) is 48.7 Å². The molecule has 0 spiro atoms. The summed E-state index contributed by atoms with van der Waals surface area (Å²) in [6, 6.07) is 12.3. The molecule has 1 aliphatic rings. The maximum Gasteiger partial charge on any atom is 0.251 e. The van der Waals surface area contributed by atoms with Crippen molar-refractivity contribution < 1.29 is 9.59 Å². The van der Waals surface area contributed by atoms with E-state index in [1.807, 2.05) is 0 Å². The topological polar surface area (TPSA) is 58.2 Å². The first kappa shape index (κ1) is 16.8. The van der Waals surface area contributed by atoms with E-state index in [4.69, 9.17) is 23.2 Å². The van der Waals surface area contributed by atoms with Crippen molar-refractivity contribution in [3.05, 3.63) is 63.6 Å². The van der Waals surface area contributed by atoms with E-state index >= 15 is 0 Å². The summed E-state index contributed by atoms with van der Waals surface area (Å²) in [5.41, 5.74) is 1.89. The van der Waals surface area contributed by atoms with Crippen LogP contribution in [-0.4, -0.2) is 17.9 Å². The zero-order valence-corrected chi connectivity index (χ0v) is 14.3. The summed E-state index contributed by atoms with van der Waals surface area (Å²) in [6.07, 6.45) is 2.24. The Bertz CT molecular complexity index is 788. The molecule has 0 aliphatic heterocycles. The zero-order valence-electron chi connectivity index (χ0n) is 12.8. The third kappa shape index (κ3) is 4.49. The van der Waals surface area contributed by atoms with Gasteiger partial charge in [0, 0.05) is 17.3 Å². The molecule has 0 atom stereocenters. The molecule has 1 fully saturated rings. The molecule has 0 bridgehead atoms. The average molecular weight is 363 g/mol. The van der Waals surface area contributed by atoms with E-state index in [1.165, 1.54) is 0 Å². The van der Waals surface area contributed by atoms with Gasteiger partial charge >= 0.3 is 0 Å². The average Bonchev–Trinajstić information content (AvgIpc) is 3.35. The van der Waals surface area contributed by atoms with E-state index in [2.05, 4.69) is 10.6 Å². The van der Waals surface area contributed by atoms with Crippen LogP contribution in [0.3, 0.4) is 0 Å². The molecule has 0 heterocycles. The second kappa shape index (κ2) is 7.24. The monoisotopic (exact) mass is 362 g/mol. The van der Waals surface area contributed by atoms with E-state index in [-0.39, 0.29) is 18.2 Å². The standard InChI is InChI=1S/C18H16Cl2N2O2/c19-15-7-4-11(8-16(15)20)9-17(23)21-14-3-1-2-12(10-14)18(24)22-13-5-6-13/h1-4,7-8,10,13H,5-6,9H2,(H,21,23)(H,22,24). The number of hydrogen-bond acceptors (Lipinski definition) is 2. The van der Waals surface area contributed by atoms with E-state index in [0.29, 0.717) is 27.3 Å². The van der Waals surface area contributed by atoms with Crippen molar-refractivity contribution >= 4 is 40.7 Å². The van der Waals surface area contributed by atoms with Gasteiger partial charge < -0.3 is 10.6 Å². The van der Waals surface area contributed by atoms with E-state index < -0.39 is 0 Å². The van der Waals surface area contributed by atoms with Gasteiger partial charge in [-0.25, -0.2) is 0 Å². The number of nitrogens with one attached hydrogen (secondary N) is 2. The number of rotatable bonds is 5. The van der Waals surface area contributed by atoms with Crippen LogP contribution < -0.4 is 10.6 Å². The minimum absolute atomic E-state index is 0.113. The number of carbonyl (C=O) groups excluding carboxylic acids is 2. The predicted octanol–water partition coefficient (Wildman–Crippen LogP) is 4.07. The van der Waals surface area contributed by atoms with Crippen LogP contribution in [0, 0.1) is 0 Å². The number of amides is 2. The van der Waals surface area contributed by atoms with Crippen LogP contribution in [0.5, 0.6) is 0 Å². The Morgan fingerprint density at radius 3 is 2.54 bits per heavy atom. The molecule has 6 heteroatoms. The first-order valence-corrected chi connectivity index (χ1v) is 8.41. The third-order valence-corrected chi connectivity index (χ3v) is 4.41. The van der Waals surface area contributed by atoms with Gasteiger partial charge in [0.05, 0.1) is 16.5 Å². The lowest BCUT2D eigenvalue weighted by Gasteiger charge is -2.08. The molecular formula is C18H16Cl2N2O2. The first-order valence-electron chi connectivity index (χ1n) is 7.66. The lowest BCUT2D eigenvalue weighted by molar-refractivity contribution is -0.115. The maximum absolute atomic E-state index is 12.2. The molecule has 2 aromatic rings. The first-order chi connectivity index (χ1) is 11.5. The SMILES string of the molecule is O=C(Cc1ccc(Cl)c(Cl)c1)Nc1cccc(C(=O)NC2CC2)c1. The van der Waals surface area contributed by atoms with Crippen molar-refractivity contribution in [2.75, 3.05) is 5.32 Å². The quantitative estimate of drug-likeness (QED) is 0.842. The Morgan fingerprint density at radius 2 is 1.83 bits per heavy atom. The molecule has 1 saturated carbocycles. The molecule has 4 nitrogen and oxygen atoms in total. The smallest absolute Gasteiger partial charge is 0.251 e. The van der Waals surface area contributed by atoms with Crippen molar-refractivity contribution in [1.82, 2.24) is 5.32 Å². The number of hydrogen-bond donors (Lipinski definition) is 2. The lowest BCUT2D eigenvalue weighted by atomic mass is 10.1. The summed E-state index contributed by atoms with van der Waals surface area (Å²) in [5.74, 6) is -0.300. The van der Waals surface area contributed by atoms with Crippen LogP contribution in [0.4, 0.5) is 5.69 Å². The van der Waals surface area contributed by atoms with Crippen LogP contribution in [0.15, 0.2) is 42.5 Å². The van der Waals surface area contributed by atoms with Crippen molar-refractivity contribution in [2.45, 2.75) is 25.3 Å². The van der Waals surface area contributed by atoms with Crippen molar-refractivity contribution in [3.8, 4) is 0 Å². The molecule has 24 heavy (non-hydrogen) atoms. The molecule has 2 N–H and O–H groups in total. The largest absolute Gasteiger partial charge is 0.349 e. The van der Waals surface area contributed by atoms with Gasteiger partial charge in [0.1, 0.15) is 0 Å². The van der Waals surface area contributed by atoms with Gasteiger partial charge in [-0.3, -0.25) is 9.59 Å². The van der Waals surface area contributed by atoms with Crippen LogP contribution in [0.25, 0.3) is 0 Å². The minimum Gasteiger partial charge on any atom is -0.349 e. The van der Waals surface area contributed by atoms with Crippen LogP contribution in [-0.2, 0) is 11.2 Å². The Hall–Kier alpha value is -2.04. The highest BCUT2D eigenvalue weighted by Crippen LogP contribution is 2.23.